The Morgan fingerprint density at radius 2 is 1.05 bits per heavy atom. The van der Waals surface area contributed by atoms with Gasteiger partial charge in [0.05, 0.1) is 26.9 Å². The number of nitrogen functional groups attached to an aromatic ring is 1. The van der Waals surface area contributed by atoms with Crippen LogP contribution in [0.3, 0.4) is 0 Å². The molecule has 0 heterocycles. The monoisotopic (exact) mass is 591 g/mol. The van der Waals surface area contributed by atoms with Gasteiger partial charge in [-0.3, -0.25) is 13.7 Å². The second kappa shape index (κ2) is 10.2. The molecule has 14 nitrogen and oxygen atoms in total. The zero-order valence-corrected chi connectivity index (χ0v) is 21.8. The first-order valence-corrected chi connectivity index (χ1v) is 14.8. The van der Waals surface area contributed by atoms with E-state index in [0.29, 0.717) is 5.39 Å². The van der Waals surface area contributed by atoms with Gasteiger partial charge in [-0.25, -0.2) is 0 Å². The lowest BCUT2D eigenvalue weighted by Gasteiger charge is -2.07. The summed E-state index contributed by atoms with van der Waals surface area (Å²) < 4.78 is 97.6. The second-order valence-electron chi connectivity index (χ2n) is 7.85. The third-order valence-electron chi connectivity index (χ3n) is 5.20. The first kappa shape index (κ1) is 27.9. The molecule has 0 aliphatic heterocycles. The molecule has 202 valence electrons. The van der Waals surface area contributed by atoms with Gasteiger partial charge in [0.15, 0.2) is 0 Å². The van der Waals surface area contributed by atoms with Crippen LogP contribution in [0.1, 0.15) is 0 Å². The molecule has 4 rings (SSSR count). The van der Waals surface area contributed by atoms with Gasteiger partial charge in [-0.2, -0.15) is 35.5 Å². The van der Waals surface area contributed by atoms with E-state index in [1.54, 1.807) is 0 Å². The van der Waals surface area contributed by atoms with Crippen LogP contribution in [0.25, 0.3) is 10.8 Å². The summed E-state index contributed by atoms with van der Waals surface area (Å²) in [5, 5.41) is 16.2. The molecule has 0 amide bonds. The van der Waals surface area contributed by atoms with Crippen LogP contribution in [0.4, 0.5) is 28.4 Å². The molecule has 0 fully saturated rings. The Bertz CT molecular complexity index is 1990. The summed E-state index contributed by atoms with van der Waals surface area (Å²) >= 11 is 0. The fraction of sp³-hybridized carbons (Fsp3) is 0. The number of fused-ring (bicyclic) bond motifs is 1. The van der Waals surface area contributed by atoms with E-state index in [9.17, 15) is 34.4 Å². The molecule has 4 aromatic carbocycles. The third kappa shape index (κ3) is 6.48. The molecule has 17 heteroatoms. The van der Waals surface area contributed by atoms with Gasteiger partial charge in [0.25, 0.3) is 30.4 Å². The molecule has 0 atom stereocenters. The summed E-state index contributed by atoms with van der Waals surface area (Å²) in [7, 11) is -13.8. The van der Waals surface area contributed by atoms with E-state index in [-0.39, 0.29) is 38.7 Å². The highest BCUT2D eigenvalue weighted by molar-refractivity contribution is 7.86. The molecule has 39 heavy (non-hydrogen) atoms. The highest BCUT2D eigenvalue weighted by atomic mass is 32.2. The molecular formula is C22H17N5O9S3. The first-order valence-electron chi connectivity index (χ1n) is 10.5. The van der Waals surface area contributed by atoms with Crippen LogP contribution in [-0.2, 0) is 30.4 Å². The number of nitrogens with two attached hydrogens (primary N) is 1. The summed E-state index contributed by atoms with van der Waals surface area (Å²) in [5.41, 5.74) is 6.18. The van der Waals surface area contributed by atoms with E-state index in [1.165, 1.54) is 42.5 Å². The number of hydrogen-bond acceptors (Lipinski definition) is 11. The van der Waals surface area contributed by atoms with Crippen LogP contribution in [-0.4, -0.2) is 38.9 Å². The van der Waals surface area contributed by atoms with Crippen LogP contribution in [0.15, 0.2) is 108 Å². The minimum absolute atomic E-state index is 0.0174. The number of anilines is 1. The maximum absolute atomic E-state index is 12.0. The molecule has 0 aliphatic carbocycles. The lowest BCUT2D eigenvalue weighted by molar-refractivity contribution is 0.481. The Balaban J connectivity index is 1.72. The van der Waals surface area contributed by atoms with Gasteiger partial charge in [0.1, 0.15) is 10.6 Å². The molecule has 0 aromatic heterocycles. The zero-order chi connectivity index (χ0) is 28.6. The average molecular weight is 592 g/mol. The quantitative estimate of drug-likeness (QED) is 0.127. The highest BCUT2D eigenvalue weighted by Crippen LogP contribution is 2.35. The Morgan fingerprint density at radius 3 is 1.67 bits per heavy atom. The van der Waals surface area contributed by atoms with E-state index in [0.717, 1.165) is 30.3 Å². The molecule has 0 bridgehead atoms. The van der Waals surface area contributed by atoms with Crippen LogP contribution < -0.4 is 5.73 Å². The van der Waals surface area contributed by atoms with Gasteiger partial charge >= 0.3 is 0 Å². The molecule has 0 saturated carbocycles. The van der Waals surface area contributed by atoms with Crippen LogP contribution in [0.5, 0.6) is 0 Å². The van der Waals surface area contributed by atoms with Gasteiger partial charge in [-0.15, -0.1) is 10.2 Å². The van der Waals surface area contributed by atoms with Crippen molar-refractivity contribution in [3.05, 3.63) is 72.8 Å². The van der Waals surface area contributed by atoms with E-state index in [4.69, 9.17) is 10.3 Å². The largest absolute Gasteiger partial charge is 0.398 e. The van der Waals surface area contributed by atoms with Crippen LogP contribution in [0.2, 0.25) is 0 Å². The Kier molecular flexibility index (Phi) is 7.30. The van der Waals surface area contributed by atoms with Crippen molar-refractivity contribution in [1.82, 2.24) is 0 Å². The van der Waals surface area contributed by atoms with Crippen LogP contribution >= 0.6 is 0 Å². The maximum atomic E-state index is 12.0. The summed E-state index contributed by atoms with van der Waals surface area (Å²) in [6.45, 7) is 0. The predicted molar refractivity (Wildman–Crippen MR) is 139 cm³/mol. The van der Waals surface area contributed by atoms with E-state index in [1.807, 2.05) is 0 Å². The molecule has 0 aliphatic rings. The molecule has 5 N–H and O–H groups in total. The standard InChI is InChI=1S/C22H17N5O9S3/c23-19-8-10-20(18-12-16(38(31,32)33)6-7-17(18)19)26-27-21-9-3-14(11-22(21)39(34,35)36)25-24-13-1-4-15(5-2-13)37(28,29)30/h1-12H,23H2,(H,28,29,30)(H,31,32,33)(H,34,35,36)/b25-24+,27-26+. The topological polar surface area (TPSA) is 239 Å². The van der Waals surface area contributed by atoms with Crippen molar-refractivity contribution < 1.29 is 38.9 Å². The van der Waals surface area contributed by atoms with Crippen molar-refractivity contribution in [3.63, 3.8) is 0 Å². The number of nitrogens with zero attached hydrogens (tertiary/aromatic N) is 4. The number of benzene rings is 4. The van der Waals surface area contributed by atoms with Gasteiger partial charge in [-0.1, -0.05) is 6.07 Å². The normalized spacial score (nSPS) is 13.0. The Hall–Kier alpha value is -4.13. The molecule has 0 unspecified atom stereocenters. The molecule has 4 aromatic rings. The molecule has 0 radical (unpaired) electrons. The van der Waals surface area contributed by atoms with E-state index >= 15 is 0 Å². The average Bonchev–Trinajstić information content (AvgIpc) is 2.86. The van der Waals surface area contributed by atoms with Gasteiger partial charge in [0.2, 0.25) is 0 Å². The zero-order valence-electron chi connectivity index (χ0n) is 19.3. The van der Waals surface area contributed by atoms with E-state index in [2.05, 4.69) is 20.5 Å². The van der Waals surface area contributed by atoms with Gasteiger partial charge < -0.3 is 5.73 Å². The van der Waals surface area contributed by atoms with Gasteiger partial charge in [0, 0.05) is 16.5 Å². The smallest absolute Gasteiger partial charge is 0.296 e. The number of rotatable bonds is 7. The molecule has 0 saturated heterocycles. The minimum atomic E-state index is -4.82. The van der Waals surface area contributed by atoms with Gasteiger partial charge in [-0.05, 0) is 66.7 Å². The molecular weight excluding hydrogens is 574 g/mol. The van der Waals surface area contributed by atoms with E-state index < -0.39 is 40.1 Å². The van der Waals surface area contributed by atoms with Crippen molar-refractivity contribution in [3.8, 4) is 0 Å². The highest BCUT2D eigenvalue weighted by Gasteiger charge is 2.18. The van der Waals surface area contributed by atoms with Crippen molar-refractivity contribution in [2.24, 2.45) is 20.5 Å². The summed E-state index contributed by atoms with van der Waals surface area (Å²) in [4.78, 5) is -1.44. The third-order valence-corrected chi connectivity index (χ3v) is 7.80. The van der Waals surface area contributed by atoms with Crippen molar-refractivity contribution >= 4 is 69.6 Å². The SMILES string of the molecule is Nc1ccc(/N=N/c2ccc(/N=N/c3ccc(S(=O)(=O)O)cc3)cc2S(=O)(=O)O)c2cc(S(=O)(=O)O)ccc12. The lowest BCUT2D eigenvalue weighted by Crippen LogP contribution is -1.98. The lowest BCUT2D eigenvalue weighted by atomic mass is 10.1. The maximum Gasteiger partial charge on any atom is 0.296 e. The fourth-order valence-electron chi connectivity index (χ4n) is 3.35. The molecule has 0 spiro atoms. The number of hydrogen-bond donors (Lipinski definition) is 4. The summed E-state index contributed by atoms with van der Waals surface area (Å²) in [6.07, 6.45) is 0. The van der Waals surface area contributed by atoms with Crippen molar-refractivity contribution in [2.75, 3.05) is 5.73 Å². The first-order chi connectivity index (χ1) is 18.1. The number of azo groups is 2. The Labute approximate surface area is 221 Å². The summed E-state index contributed by atoms with van der Waals surface area (Å²) in [6, 6.07) is 14.7. The fourth-order valence-corrected chi connectivity index (χ4v) is 4.97. The minimum Gasteiger partial charge on any atom is -0.398 e. The van der Waals surface area contributed by atoms with Crippen LogP contribution in [0, 0.1) is 0 Å². The van der Waals surface area contributed by atoms with Crippen molar-refractivity contribution in [2.45, 2.75) is 14.7 Å². The Morgan fingerprint density at radius 1 is 0.513 bits per heavy atom. The summed E-state index contributed by atoms with van der Waals surface area (Å²) in [5.74, 6) is 0. The van der Waals surface area contributed by atoms with Crippen molar-refractivity contribution in [1.29, 1.82) is 0 Å². The second-order valence-corrected chi connectivity index (χ2v) is 12.1. The predicted octanol–water partition coefficient (Wildman–Crippen LogP) is 4.99.